The Morgan fingerprint density at radius 3 is 2.63 bits per heavy atom. The van der Waals surface area contributed by atoms with Crippen LogP contribution in [0.15, 0.2) is 24.5 Å². The SMILES string of the molecule is O=S1(=O)CCC(Nc2ccc3nccnc3n2)CC1. The summed E-state index contributed by atoms with van der Waals surface area (Å²) in [4.78, 5) is 12.7. The first kappa shape index (κ1) is 12.3. The average Bonchev–Trinajstić information content (AvgIpc) is 2.41. The van der Waals surface area contributed by atoms with Gasteiger partial charge in [0.2, 0.25) is 0 Å². The molecule has 0 bridgehead atoms. The van der Waals surface area contributed by atoms with Crippen molar-refractivity contribution in [3.05, 3.63) is 24.5 Å². The molecule has 100 valence electrons. The van der Waals surface area contributed by atoms with E-state index in [1.54, 1.807) is 12.4 Å². The second-order valence-electron chi connectivity index (χ2n) is 4.67. The maximum Gasteiger partial charge on any atom is 0.180 e. The van der Waals surface area contributed by atoms with Crippen molar-refractivity contribution < 1.29 is 8.42 Å². The minimum atomic E-state index is -2.83. The molecule has 0 amide bonds. The van der Waals surface area contributed by atoms with E-state index in [9.17, 15) is 8.42 Å². The number of nitrogens with one attached hydrogen (secondary N) is 1. The van der Waals surface area contributed by atoms with Crippen molar-refractivity contribution in [1.82, 2.24) is 15.0 Å². The summed E-state index contributed by atoms with van der Waals surface area (Å²) in [5, 5.41) is 3.27. The fraction of sp³-hybridized carbons (Fsp3) is 0.417. The van der Waals surface area contributed by atoms with Crippen LogP contribution in [-0.2, 0) is 9.84 Å². The van der Waals surface area contributed by atoms with Gasteiger partial charge in [0.25, 0.3) is 0 Å². The zero-order valence-electron chi connectivity index (χ0n) is 10.3. The third-order valence-electron chi connectivity index (χ3n) is 3.24. The lowest BCUT2D eigenvalue weighted by atomic mass is 10.1. The van der Waals surface area contributed by atoms with Crippen molar-refractivity contribution in [2.24, 2.45) is 0 Å². The molecule has 0 unspecified atom stereocenters. The largest absolute Gasteiger partial charge is 0.367 e. The van der Waals surface area contributed by atoms with Gasteiger partial charge >= 0.3 is 0 Å². The molecular formula is C12H14N4O2S. The first-order valence-electron chi connectivity index (χ1n) is 6.17. The molecule has 0 radical (unpaired) electrons. The van der Waals surface area contributed by atoms with Gasteiger partial charge in [0, 0.05) is 18.4 Å². The van der Waals surface area contributed by atoms with Crippen molar-refractivity contribution in [2.45, 2.75) is 18.9 Å². The molecule has 0 atom stereocenters. The molecule has 19 heavy (non-hydrogen) atoms. The Labute approximate surface area is 111 Å². The van der Waals surface area contributed by atoms with E-state index in [4.69, 9.17) is 0 Å². The van der Waals surface area contributed by atoms with Crippen LogP contribution in [0.3, 0.4) is 0 Å². The van der Waals surface area contributed by atoms with Crippen LogP contribution in [-0.4, -0.2) is 40.9 Å². The van der Waals surface area contributed by atoms with Gasteiger partial charge in [-0.25, -0.2) is 18.4 Å². The predicted molar refractivity (Wildman–Crippen MR) is 72.6 cm³/mol. The zero-order valence-corrected chi connectivity index (χ0v) is 11.1. The molecule has 2 aromatic heterocycles. The molecule has 0 aliphatic carbocycles. The molecule has 0 spiro atoms. The number of pyridine rings is 1. The Kier molecular flexibility index (Phi) is 3.06. The van der Waals surface area contributed by atoms with Crippen molar-refractivity contribution in [1.29, 1.82) is 0 Å². The quantitative estimate of drug-likeness (QED) is 0.882. The smallest absolute Gasteiger partial charge is 0.180 e. The highest BCUT2D eigenvalue weighted by Crippen LogP contribution is 2.17. The van der Waals surface area contributed by atoms with E-state index < -0.39 is 9.84 Å². The summed E-state index contributed by atoms with van der Waals surface area (Å²) >= 11 is 0. The van der Waals surface area contributed by atoms with Gasteiger partial charge in [0.05, 0.1) is 11.5 Å². The number of anilines is 1. The lowest BCUT2D eigenvalue weighted by Gasteiger charge is -2.23. The number of hydrogen-bond acceptors (Lipinski definition) is 6. The Morgan fingerprint density at radius 1 is 1.11 bits per heavy atom. The zero-order chi connectivity index (χ0) is 13.3. The number of aromatic nitrogens is 3. The predicted octanol–water partition coefficient (Wildman–Crippen LogP) is 1.01. The number of rotatable bonds is 2. The van der Waals surface area contributed by atoms with Crippen LogP contribution in [0, 0.1) is 0 Å². The van der Waals surface area contributed by atoms with Crippen LogP contribution in [0.4, 0.5) is 5.82 Å². The van der Waals surface area contributed by atoms with Crippen molar-refractivity contribution in [2.75, 3.05) is 16.8 Å². The third kappa shape index (κ3) is 2.81. The molecule has 7 heteroatoms. The summed E-state index contributed by atoms with van der Waals surface area (Å²) in [5.74, 6) is 1.22. The van der Waals surface area contributed by atoms with E-state index in [0.29, 0.717) is 18.5 Å². The van der Waals surface area contributed by atoms with Gasteiger partial charge in [-0.05, 0) is 25.0 Å². The van der Waals surface area contributed by atoms with Crippen LogP contribution in [0.1, 0.15) is 12.8 Å². The van der Waals surface area contributed by atoms with Gasteiger partial charge in [-0.3, -0.25) is 4.98 Å². The van der Waals surface area contributed by atoms with Crippen LogP contribution in [0.2, 0.25) is 0 Å². The fourth-order valence-electron chi connectivity index (χ4n) is 2.18. The average molecular weight is 278 g/mol. The summed E-state index contributed by atoms with van der Waals surface area (Å²) in [6.45, 7) is 0. The molecule has 1 saturated heterocycles. The lowest BCUT2D eigenvalue weighted by molar-refractivity contribution is 0.559. The minimum absolute atomic E-state index is 0.158. The summed E-state index contributed by atoms with van der Waals surface area (Å²) in [5.41, 5.74) is 1.34. The van der Waals surface area contributed by atoms with E-state index in [2.05, 4.69) is 20.3 Å². The number of fused-ring (bicyclic) bond motifs is 1. The van der Waals surface area contributed by atoms with E-state index in [1.807, 2.05) is 12.1 Å². The van der Waals surface area contributed by atoms with E-state index >= 15 is 0 Å². The Bertz CT molecular complexity index is 688. The second kappa shape index (κ2) is 4.73. The highest BCUT2D eigenvalue weighted by molar-refractivity contribution is 7.91. The van der Waals surface area contributed by atoms with Gasteiger partial charge < -0.3 is 5.32 Å². The van der Waals surface area contributed by atoms with Gasteiger partial charge in [0.1, 0.15) is 21.2 Å². The third-order valence-corrected chi connectivity index (χ3v) is 4.95. The van der Waals surface area contributed by atoms with Crippen molar-refractivity contribution >= 4 is 26.8 Å². The Morgan fingerprint density at radius 2 is 1.84 bits per heavy atom. The van der Waals surface area contributed by atoms with Crippen LogP contribution < -0.4 is 5.32 Å². The number of sulfone groups is 1. The number of hydrogen-bond donors (Lipinski definition) is 1. The molecule has 1 N–H and O–H groups in total. The van der Waals surface area contributed by atoms with E-state index in [-0.39, 0.29) is 17.5 Å². The first-order chi connectivity index (χ1) is 9.12. The van der Waals surface area contributed by atoms with Gasteiger partial charge in [-0.2, -0.15) is 0 Å². The van der Waals surface area contributed by atoms with Gasteiger partial charge in [0.15, 0.2) is 5.65 Å². The summed E-state index contributed by atoms with van der Waals surface area (Å²) in [7, 11) is -2.83. The molecule has 6 nitrogen and oxygen atoms in total. The molecule has 1 fully saturated rings. The molecule has 2 aromatic rings. The maximum atomic E-state index is 11.4. The molecular weight excluding hydrogens is 264 g/mol. The standard InChI is InChI=1S/C12H14N4O2S/c17-19(18)7-3-9(4-8-19)15-11-2-1-10-12(16-11)14-6-5-13-10/h1-2,5-6,9H,3-4,7-8H2,(H,14,15,16). The maximum absolute atomic E-state index is 11.4. The summed E-state index contributed by atoms with van der Waals surface area (Å²) in [6.07, 6.45) is 4.49. The minimum Gasteiger partial charge on any atom is -0.367 e. The summed E-state index contributed by atoms with van der Waals surface area (Å²) < 4.78 is 22.7. The Hall–Kier alpha value is -1.76. The molecule has 1 aliphatic rings. The normalized spacial score (nSPS) is 19.4. The molecule has 3 rings (SSSR count). The van der Waals surface area contributed by atoms with Gasteiger partial charge in [-0.1, -0.05) is 0 Å². The molecule has 0 saturated carbocycles. The molecule has 0 aromatic carbocycles. The van der Waals surface area contributed by atoms with E-state index in [1.165, 1.54) is 0 Å². The van der Waals surface area contributed by atoms with Crippen molar-refractivity contribution in [3.8, 4) is 0 Å². The second-order valence-corrected chi connectivity index (χ2v) is 6.97. The summed E-state index contributed by atoms with van der Waals surface area (Å²) in [6, 6.07) is 3.86. The first-order valence-corrected chi connectivity index (χ1v) is 7.99. The lowest BCUT2D eigenvalue weighted by Crippen LogP contribution is -2.32. The Balaban J connectivity index is 1.75. The van der Waals surface area contributed by atoms with E-state index in [0.717, 1.165) is 11.3 Å². The van der Waals surface area contributed by atoms with Crippen molar-refractivity contribution in [3.63, 3.8) is 0 Å². The monoisotopic (exact) mass is 278 g/mol. The van der Waals surface area contributed by atoms with Crippen LogP contribution in [0.25, 0.3) is 11.2 Å². The highest BCUT2D eigenvalue weighted by atomic mass is 32.2. The number of nitrogens with zero attached hydrogens (tertiary/aromatic N) is 3. The highest BCUT2D eigenvalue weighted by Gasteiger charge is 2.23. The molecule has 3 heterocycles. The van der Waals surface area contributed by atoms with Crippen LogP contribution in [0.5, 0.6) is 0 Å². The fourth-order valence-corrected chi connectivity index (χ4v) is 3.67. The van der Waals surface area contributed by atoms with Crippen LogP contribution >= 0.6 is 0 Å². The van der Waals surface area contributed by atoms with Gasteiger partial charge in [-0.15, -0.1) is 0 Å². The molecule has 1 aliphatic heterocycles. The topological polar surface area (TPSA) is 84.8 Å².